The number of β-amino-alcohol motifs (C(OH)–C–C–N with tert-alkyl or cyclic N) is 1. The normalized spacial score (nSPS) is 25.3. The Bertz CT molecular complexity index is 602. The second-order valence-corrected chi connectivity index (χ2v) is 7.71. The number of aliphatic hydroxyl groups excluding tert-OH is 1. The topological polar surface area (TPSA) is 79.0 Å². The third-order valence-corrected chi connectivity index (χ3v) is 5.57. The van der Waals surface area contributed by atoms with Crippen LogP contribution in [0.2, 0.25) is 0 Å². The number of hydrogen-bond donors (Lipinski definition) is 2. The molecule has 0 radical (unpaired) electrons. The number of ether oxygens (including phenoxy) is 1. The van der Waals surface area contributed by atoms with E-state index in [0.717, 1.165) is 50.2 Å². The largest absolute Gasteiger partial charge is 0.483 e. The summed E-state index contributed by atoms with van der Waals surface area (Å²) < 4.78 is 5.86. The number of aliphatic hydroxyl groups is 1. The van der Waals surface area contributed by atoms with Crippen LogP contribution in [0.3, 0.4) is 0 Å². The van der Waals surface area contributed by atoms with Crippen LogP contribution < -0.4 is 10.5 Å². The van der Waals surface area contributed by atoms with E-state index in [1.807, 2.05) is 29.2 Å². The van der Waals surface area contributed by atoms with Gasteiger partial charge in [-0.3, -0.25) is 9.69 Å². The predicted octanol–water partition coefficient (Wildman–Crippen LogP) is 1.22. The lowest BCUT2D eigenvalue weighted by atomic mass is 9.99. The molecule has 0 spiro atoms. The Morgan fingerprint density at radius 1 is 1.23 bits per heavy atom. The van der Waals surface area contributed by atoms with Gasteiger partial charge in [-0.15, -0.1) is 0 Å². The molecule has 2 fully saturated rings. The average Bonchev–Trinajstić information content (AvgIpc) is 2.64. The van der Waals surface area contributed by atoms with Gasteiger partial charge in [0.05, 0.1) is 6.10 Å². The molecular weight excluding hydrogens is 330 g/mol. The first-order valence-electron chi connectivity index (χ1n) is 9.67. The minimum Gasteiger partial charge on any atom is -0.483 e. The number of piperidine rings is 2. The molecule has 1 aromatic carbocycles. The first kappa shape index (κ1) is 19.1. The van der Waals surface area contributed by atoms with E-state index in [9.17, 15) is 9.90 Å². The van der Waals surface area contributed by atoms with E-state index in [0.29, 0.717) is 19.0 Å². The number of amides is 1. The van der Waals surface area contributed by atoms with Crippen LogP contribution in [0.15, 0.2) is 24.3 Å². The van der Waals surface area contributed by atoms with E-state index in [-0.39, 0.29) is 18.6 Å². The molecule has 144 valence electrons. The van der Waals surface area contributed by atoms with Gasteiger partial charge >= 0.3 is 0 Å². The van der Waals surface area contributed by atoms with Crippen LogP contribution in [-0.4, -0.2) is 65.7 Å². The van der Waals surface area contributed by atoms with Crippen molar-refractivity contribution in [3.8, 4) is 5.75 Å². The highest BCUT2D eigenvalue weighted by Gasteiger charge is 2.25. The van der Waals surface area contributed by atoms with Gasteiger partial charge in [-0.25, -0.2) is 0 Å². The number of hydrogen-bond acceptors (Lipinski definition) is 5. The first-order valence-corrected chi connectivity index (χ1v) is 9.67. The number of benzene rings is 1. The van der Waals surface area contributed by atoms with Gasteiger partial charge in [0.2, 0.25) is 0 Å². The van der Waals surface area contributed by atoms with E-state index in [4.69, 9.17) is 10.5 Å². The van der Waals surface area contributed by atoms with Crippen LogP contribution in [-0.2, 0) is 11.3 Å². The molecule has 1 aromatic rings. The molecule has 0 aliphatic carbocycles. The number of para-hydroxylation sites is 1. The van der Waals surface area contributed by atoms with Gasteiger partial charge < -0.3 is 20.5 Å². The van der Waals surface area contributed by atoms with Crippen LogP contribution in [0.25, 0.3) is 0 Å². The maximum absolute atomic E-state index is 12.4. The molecule has 0 unspecified atom stereocenters. The molecule has 2 saturated heterocycles. The molecule has 2 atom stereocenters. The zero-order chi connectivity index (χ0) is 18.5. The van der Waals surface area contributed by atoms with Crippen molar-refractivity contribution in [2.24, 2.45) is 11.7 Å². The van der Waals surface area contributed by atoms with Crippen molar-refractivity contribution in [2.45, 2.75) is 44.9 Å². The van der Waals surface area contributed by atoms with E-state index in [2.05, 4.69) is 11.8 Å². The maximum atomic E-state index is 12.4. The molecule has 2 aliphatic rings. The zero-order valence-corrected chi connectivity index (χ0v) is 15.6. The lowest BCUT2D eigenvalue weighted by Gasteiger charge is -2.34. The minimum absolute atomic E-state index is 0.0612. The number of rotatable bonds is 5. The lowest BCUT2D eigenvalue weighted by Crippen LogP contribution is -2.50. The van der Waals surface area contributed by atoms with Crippen molar-refractivity contribution in [1.82, 2.24) is 9.80 Å². The summed E-state index contributed by atoms with van der Waals surface area (Å²) in [4.78, 5) is 16.5. The van der Waals surface area contributed by atoms with Gasteiger partial charge in [0.25, 0.3) is 5.91 Å². The monoisotopic (exact) mass is 361 g/mol. The second-order valence-electron chi connectivity index (χ2n) is 7.71. The Kier molecular flexibility index (Phi) is 6.51. The molecule has 2 aliphatic heterocycles. The van der Waals surface area contributed by atoms with E-state index >= 15 is 0 Å². The van der Waals surface area contributed by atoms with Gasteiger partial charge in [-0.05, 0) is 31.2 Å². The molecule has 0 aromatic heterocycles. The predicted molar refractivity (Wildman–Crippen MR) is 101 cm³/mol. The lowest BCUT2D eigenvalue weighted by molar-refractivity contribution is -0.134. The van der Waals surface area contributed by atoms with Gasteiger partial charge in [-0.1, -0.05) is 25.1 Å². The highest BCUT2D eigenvalue weighted by atomic mass is 16.5. The van der Waals surface area contributed by atoms with E-state index in [1.165, 1.54) is 0 Å². The summed E-state index contributed by atoms with van der Waals surface area (Å²) in [5.41, 5.74) is 6.92. The Morgan fingerprint density at radius 2 is 1.96 bits per heavy atom. The Balaban J connectivity index is 1.54. The summed E-state index contributed by atoms with van der Waals surface area (Å²) in [6, 6.07) is 7.69. The molecule has 6 heteroatoms. The molecule has 26 heavy (non-hydrogen) atoms. The molecule has 3 N–H and O–H groups in total. The van der Waals surface area contributed by atoms with E-state index in [1.54, 1.807) is 0 Å². The standard InChI is InChI=1S/C20H31N3O3/c1-15-6-10-23(11-7-15)20(25)14-26-19-5-3-2-4-16(19)12-22-9-8-17(21)18(24)13-22/h2-5,15,17-18,24H,6-14,21H2,1H3/t17-,18-/m1/s1. The van der Waals surface area contributed by atoms with Crippen molar-refractivity contribution in [1.29, 1.82) is 0 Å². The molecule has 2 heterocycles. The highest BCUT2D eigenvalue weighted by molar-refractivity contribution is 5.77. The van der Waals surface area contributed by atoms with Crippen molar-refractivity contribution in [3.63, 3.8) is 0 Å². The minimum atomic E-state index is -0.486. The SMILES string of the molecule is CC1CCN(C(=O)COc2ccccc2CN2CC[C@@H](N)[C@H](O)C2)CC1. The molecular formula is C20H31N3O3. The molecule has 1 amide bonds. The number of nitrogens with two attached hydrogens (primary N) is 1. The second kappa shape index (κ2) is 8.84. The number of carbonyl (C=O) groups is 1. The molecule has 6 nitrogen and oxygen atoms in total. The first-order chi connectivity index (χ1) is 12.5. The van der Waals surface area contributed by atoms with Crippen molar-refractivity contribution in [3.05, 3.63) is 29.8 Å². The Hall–Kier alpha value is -1.63. The fourth-order valence-electron chi connectivity index (χ4n) is 3.66. The number of nitrogens with zero attached hydrogens (tertiary/aromatic N) is 2. The van der Waals surface area contributed by atoms with Crippen molar-refractivity contribution in [2.75, 3.05) is 32.8 Å². The third kappa shape index (κ3) is 4.96. The highest BCUT2D eigenvalue weighted by Crippen LogP contribution is 2.22. The van der Waals surface area contributed by atoms with Crippen LogP contribution in [0.1, 0.15) is 31.7 Å². The van der Waals surface area contributed by atoms with E-state index < -0.39 is 6.10 Å². The molecule has 0 saturated carbocycles. The summed E-state index contributed by atoms with van der Waals surface area (Å²) in [7, 11) is 0. The van der Waals surface area contributed by atoms with Gasteiger partial charge in [-0.2, -0.15) is 0 Å². The fourth-order valence-corrected chi connectivity index (χ4v) is 3.66. The summed E-state index contributed by atoms with van der Waals surface area (Å²) in [5, 5.41) is 9.99. The van der Waals surface area contributed by atoms with Gasteiger partial charge in [0.1, 0.15) is 5.75 Å². The van der Waals surface area contributed by atoms with Crippen LogP contribution in [0.4, 0.5) is 0 Å². The Morgan fingerprint density at radius 3 is 2.69 bits per heavy atom. The summed E-state index contributed by atoms with van der Waals surface area (Å²) in [6.45, 7) is 6.10. The maximum Gasteiger partial charge on any atom is 0.260 e. The number of carbonyl (C=O) groups excluding carboxylic acids is 1. The smallest absolute Gasteiger partial charge is 0.260 e. The van der Waals surface area contributed by atoms with Gasteiger partial charge in [0.15, 0.2) is 6.61 Å². The quantitative estimate of drug-likeness (QED) is 0.824. The van der Waals surface area contributed by atoms with Crippen molar-refractivity contribution >= 4 is 5.91 Å². The van der Waals surface area contributed by atoms with Crippen LogP contribution in [0.5, 0.6) is 5.75 Å². The van der Waals surface area contributed by atoms with Gasteiger partial charge in [0, 0.05) is 44.3 Å². The number of likely N-dealkylation sites (tertiary alicyclic amines) is 2. The van der Waals surface area contributed by atoms with Crippen LogP contribution >= 0.6 is 0 Å². The molecule has 3 rings (SSSR count). The molecule has 0 bridgehead atoms. The Labute approximate surface area is 155 Å². The summed E-state index contributed by atoms with van der Waals surface area (Å²) in [6.07, 6.45) is 2.44. The van der Waals surface area contributed by atoms with Crippen LogP contribution in [0, 0.1) is 5.92 Å². The zero-order valence-electron chi connectivity index (χ0n) is 15.6. The van der Waals surface area contributed by atoms with Crippen molar-refractivity contribution < 1.29 is 14.6 Å². The summed E-state index contributed by atoms with van der Waals surface area (Å²) in [5.74, 6) is 1.51. The fraction of sp³-hybridized carbons (Fsp3) is 0.650. The summed E-state index contributed by atoms with van der Waals surface area (Å²) >= 11 is 0. The third-order valence-electron chi connectivity index (χ3n) is 5.57. The average molecular weight is 361 g/mol.